The van der Waals surface area contributed by atoms with Crippen LogP contribution < -0.4 is 10.1 Å². The summed E-state index contributed by atoms with van der Waals surface area (Å²) in [6.45, 7) is 3.00. The van der Waals surface area contributed by atoms with Crippen LogP contribution in [0.4, 0.5) is 0 Å². The van der Waals surface area contributed by atoms with Crippen LogP contribution in [-0.2, 0) is 0 Å². The molecule has 1 fully saturated rings. The van der Waals surface area contributed by atoms with E-state index in [0.29, 0.717) is 5.88 Å². The third kappa shape index (κ3) is 3.57. The molecule has 1 aliphatic rings. The Labute approximate surface area is 153 Å². The molecule has 4 rings (SSSR count). The fourth-order valence-electron chi connectivity index (χ4n) is 3.57. The Morgan fingerprint density at radius 1 is 1.12 bits per heavy atom. The zero-order valence-electron chi connectivity index (χ0n) is 15.0. The highest BCUT2D eigenvalue weighted by molar-refractivity contribution is 5.83. The van der Waals surface area contributed by atoms with Crippen LogP contribution in [0, 0.1) is 6.92 Å². The minimum atomic E-state index is -0.580. The number of aliphatic hydroxyl groups is 1. The van der Waals surface area contributed by atoms with Crippen LogP contribution in [0.1, 0.15) is 36.5 Å². The number of ether oxygens (including phenoxy) is 1. The number of hydrogen-bond donors (Lipinski definition) is 2. The van der Waals surface area contributed by atoms with Gasteiger partial charge in [0.2, 0.25) is 5.88 Å². The van der Waals surface area contributed by atoms with Crippen molar-refractivity contribution in [1.29, 1.82) is 0 Å². The first-order chi connectivity index (χ1) is 12.7. The number of fused-ring (bicyclic) bond motifs is 1. The van der Waals surface area contributed by atoms with Gasteiger partial charge in [-0.15, -0.1) is 0 Å². The molecule has 0 radical (unpaired) electrons. The van der Waals surface area contributed by atoms with Crippen molar-refractivity contribution in [2.75, 3.05) is 6.54 Å². The predicted octanol–water partition coefficient (Wildman–Crippen LogP) is 4.51. The Hall–Kier alpha value is -2.43. The molecule has 1 aliphatic heterocycles. The van der Waals surface area contributed by atoms with E-state index in [-0.39, 0.29) is 6.04 Å². The Bertz CT molecular complexity index is 886. The number of nitrogens with one attached hydrogen (secondary N) is 1. The smallest absolute Gasteiger partial charge is 0.220 e. The van der Waals surface area contributed by atoms with Gasteiger partial charge in [-0.25, -0.2) is 4.98 Å². The maximum absolute atomic E-state index is 11.0. The Kier molecular flexibility index (Phi) is 4.87. The van der Waals surface area contributed by atoms with Crippen LogP contribution in [0.2, 0.25) is 0 Å². The number of benzene rings is 2. The van der Waals surface area contributed by atoms with E-state index in [2.05, 4.69) is 10.3 Å². The molecule has 2 atom stereocenters. The van der Waals surface area contributed by atoms with E-state index in [9.17, 15) is 5.11 Å². The Morgan fingerprint density at radius 2 is 1.92 bits per heavy atom. The van der Waals surface area contributed by atoms with E-state index in [1.54, 1.807) is 0 Å². The molecule has 2 N–H and O–H groups in total. The molecule has 0 bridgehead atoms. The summed E-state index contributed by atoms with van der Waals surface area (Å²) in [4.78, 5) is 4.63. The third-order valence-corrected chi connectivity index (χ3v) is 5.02. The van der Waals surface area contributed by atoms with Crippen molar-refractivity contribution in [2.24, 2.45) is 0 Å². The molecule has 0 spiro atoms. The molecule has 1 aromatic heterocycles. The van der Waals surface area contributed by atoms with E-state index in [0.717, 1.165) is 41.6 Å². The Balaban J connectivity index is 1.71. The number of piperidine rings is 1. The molecule has 0 saturated carbocycles. The molecular weight excluding hydrogens is 324 g/mol. The summed E-state index contributed by atoms with van der Waals surface area (Å²) in [6, 6.07) is 17.8. The number of hydrogen-bond acceptors (Lipinski definition) is 4. The molecule has 0 aliphatic carbocycles. The second-order valence-corrected chi connectivity index (χ2v) is 6.98. The SMILES string of the molecule is Cc1ccc(Oc2cc(C(O)C3CCCCN3)c3ccccc3n2)cc1. The van der Waals surface area contributed by atoms with Crippen LogP contribution in [0.25, 0.3) is 10.9 Å². The molecule has 4 nitrogen and oxygen atoms in total. The second kappa shape index (κ2) is 7.44. The van der Waals surface area contributed by atoms with E-state index < -0.39 is 6.10 Å². The molecule has 2 unspecified atom stereocenters. The van der Waals surface area contributed by atoms with Crippen molar-refractivity contribution >= 4 is 10.9 Å². The van der Waals surface area contributed by atoms with Gasteiger partial charge in [-0.3, -0.25) is 0 Å². The van der Waals surface area contributed by atoms with Crippen LogP contribution in [0.3, 0.4) is 0 Å². The van der Waals surface area contributed by atoms with E-state index in [4.69, 9.17) is 4.74 Å². The van der Waals surface area contributed by atoms with Gasteiger partial charge in [-0.2, -0.15) is 0 Å². The van der Waals surface area contributed by atoms with Gasteiger partial charge in [0.1, 0.15) is 5.75 Å². The van der Waals surface area contributed by atoms with Gasteiger partial charge < -0.3 is 15.2 Å². The highest BCUT2D eigenvalue weighted by Gasteiger charge is 2.25. The first-order valence-electron chi connectivity index (χ1n) is 9.26. The Morgan fingerprint density at radius 3 is 2.69 bits per heavy atom. The largest absolute Gasteiger partial charge is 0.439 e. The number of para-hydroxylation sites is 1. The lowest BCUT2D eigenvalue weighted by molar-refractivity contribution is 0.115. The molecule has 2 heterocycles. The molecule has 2 aromatic carbocycles. The summed E-state index contributed by atoms with van der Waals surface area (Å²) in [6.07, 6.45) is 2.71. The number of aromatic nitrogens is 1. The van der Waals surface area contributed by atoms with Gasteiger partial charge in [-0.1, -0.05) is 42.3 Å². The quantitative estimate of drug-likeness (QED) is 0.728. The van der Waals surface area contributed by atoms with E-state index in [1.165, 1.54) is 12.0 Å². The van der Waals surface area contributed by atoms with Gasteiger partial charge >= 0.3 is 0 Å². The predicted molar refractivity (Wildman–Crippen MR) is 104 cm³/mol. The van der Waals surface area contributed by atoms with Crippen LogP contribution in [0.5, 0.6) is 11.6 Å². The van der Waals surface area contributed by atoms with Gasteiger partial charge in [0.15, 0.2) is 0 Å². The molecular formula is C22H24N2O2. The lowest BCUT2D eigenvalue weighted by atomic mass is 9.93. The standard InChI is InChI=1S/C22H24N2O2/c1-15-9-11-16(12-10-15)26-21-14-18(17-6-2-3-7-19(17)24-21)22(25)20-8-4-5-13-23-20/h2-3,6-7,9-12,14,20,22-23,25H,4-5,8,13H2,1H3. The molecule has 1 saturated heterocycles. The summed E-state index contributed by atoms with van der Waals surface area (Å²) < 4.78 is 5.98. The average molecular weight is 348 g/mol. The van der Waals surface area contributed by atoms with Crippen molar-refractivity contribution in [1.82, 2.24) is 10.3 Å². The highest BCUT2D eigenvalue weighted by Crippen LogP contribution is 2.32. The van der Waals surface area contributed by atoms with Crippen molar-refractivity contribution in [3.05, 3.63) is 65.7 Å². The summed E-state index contributed by atoms with van der Waals surface area (Å²) in [7, 11) is 0. The first-order valence-corrected chi connectivity index (χ1v) is 9.26. The molecule has 0 amide bonds. The van der Waals surface area contributed by atoms with Gasteiger partial charge in [0.25, 0.3) is 0 Å². The fourth-order valence-corrected chi connectivity index (χ4v) is 3.57. The minimum Gasteiger partial charge on any atom is -0.439 e. The van der Waals surface area contributed by atoms with Gasteiger partial charge in [0.05, 0.1) is 11.6 Å². The number of nitrogens with zero attached hydrogens (tertiary/aromatic N) is 1. The zero-order valence-corrected chi connectivity index (χ0v) is 15.0. The van der Waals surface area contributed by atoms with Crippen molar-refractivity contribution in [3.63, 3.8) is 0 Å². The van der Waals surface area contributed by atoms with Gasteiger partial charge in [0, 0.05) is 17.5 Å². The fraction of sp³-hybridized carbons (Fsp3) is 0.318. The number of aryl methyl sites for hydroxylation is 1. The summed E-state index contributed by atoms with van der Waals surface area (Å²) in [5.41, 5.74) is 2.89. The topological polar surface area (TPSA) is 54.4 Å². The monoisotopic (exact) mass is 348 g/mol. The average Bonchev–Trinajstić information content (AvgIpc) is 2.69. The highest BCUT2D eigenvalue weighted by atomic mass is 16.5. The number of aliphatic hydroxyl groups excluding tert-OH is 1. The summed E-state index contributed by atoms with van der Waals surface area (Å²) in [5, 5.41) is 15.4. The van der Waals surface area contributed by atoms with E-state index in [1.807, 2.05) is 61.5 Å². The molecule has 134 valence electrons. The molecule has 26 heavy (non-hydrogen) atoms. The zero-order chi connectivity index (χ0) is 17.9. The second-order valence-electron chi connectivity index (χ2n) is 6.98. The maximum Gasteiger partial charge on any atom is 0.220 e. The van der Waals surface area contributed by atoms with Crippen LogP contribution >= 0.6 is 0 Å². The van der Waals surface area contributed by atoms with Crippen LogP contribution in [-0.4, -0.2) is 22.7 Å². The van der Waals surface area contributed by atoms with Crippen molar-refractivity contribution < 1.29 is 9.84 Å². The lowest BCUT2D eigenvalue weighted by Crippen LogP contribution is -2.38. The van der Waals surface area contributed by atoms with Crippen LogP contribution in [0.15, 0.2) is 54.6 Å². The molecule has 4 heteroatoms. The normalized spacial score (nSPS) is 18.6. The minimum absolute atomic E-state index is 0.0711. The lowest BCUT2D eigenvalue weighted by Gasteiger charge is -2.29. The van der Waals surface area contributed by atoms with E-state index >= 15 is 0 Å². The number of pyridine rings is 1. The summed E-state index contributed by atoms with van der Waals surface area (Å²) in [5.74, 6) is 1.26. The first kappa shape index (κ1) is 17.0. The van der Waals surface area contributed by atoms with Crippen molar-refractivity contribution in [3.8, 4) is 11.6 Å². The van der Waals surface area contributed by atoms with Crippen molar-refractivity contribution in [2.45, 2.75) is 38.3 Å². The number of rotatable bonds is 4. The maximum atomic E-state index is 11.0. The third-order valence-electron chi connectivity index (χ3n) is 5.02. The van der Waals surface area contributed by atoms with Gasteiger partial charge in [-0.05, 0) is 50.1 Å². The summed E-state index contributed by atoms with van der Waals surface area (Å²) >= 11 is 0. The molecule has 3 aromatic rings.